The van der Waals surface area contributed by atoms with E-state index in [0.717, 1.165) is 34.8 Å². The van der Waals surface area contributed by atoms with E-state index in [-0.39, 0.29) is 22.8 Å². The standard InChI is InChI=1S/C18H17ClF4N2O3S/c1-3-16(25(29(2,27)28)13-7-5-12(20)6-8-13)17(26)24-15-10-11(18(21,22)23)4-9-14(15)19/h4-10,16H,3H2,1-2H3,(H,24,26)/t16-/m0/s1. The molecule has 0 bridgehead atoms. The van der Waals surface area contributed by atoms with E-state index < -0.39 is 39.5 Å². The number of amides is 1. The Morgan fingerprint density at radius 2 is 1.76 bits per heavy atom. The van der Waals surface area contributed by atoms with Crippen molar-refractivity contribution in [3.63, 3.8) is 0 Å². The van der Waals surface area contributed by atoms with Crippen LogP contribution in [0, 0.1) is 5.82 Å². The molecule has 0 spiro atoms. The lowest BCUT2D eigenvalue weighted by Crippen LogP contribution is -2.47. The minimum absolute atomic E-state index is 0.00708. The zero-order chi connectivity index (χ0) is 22.0. The Bertz CT molecular complexity index is 995. The molecule has 2 aromatic rings. The molecule has 0 saturated carbocycles. The van der Waals surface area contributed by atoms with Gasteiger partial charge in [0.1, 0.15) is 11.9 Å². The van der Waals surface area contributed by atoms with Gasteiger partial charge < -0.3 is 5.32 Å². The smallest absolute Gasteiger partial charge is 0.323 e. The molecule has 0 saturated heterocycles. The number of nitrogens with zero attached hydrogens (tertiary/aromatic N) is 1. The van der Waals surface area contributed by atoms with Crippen LogP contribution in [-0.2, 0) is 21.0 Å². The van der Waals surface area contributed by atoms with Crippen molar-refractivity contribution in [3.05, 3.63) is 58.9 Å². The van der Waals surface area contributed by atoms with Gasteiger partial charge in [-0.1, -0.05) is 18.5 Å². The first kappa shape index (κ1) is 23.0. The van der Waals surface area contributed by atoms with Gasteiger partial charge in [0.2, 0.25) is 15.9 Å². The maximum absolute atomic E-state index is 13.2. The second-order valence-electron chi connectivity index (χ2n) is 6.14. The van der Waals surface area contributed by atoms with Gasteiger partial charge >= 0.3 is 6.18 Å². The minimum atomic E-state index is -4.65. The molecule has 0 heterocycles. The predicted molar refractivity (Wildman–Crippen MR) is 103 cm³/mol. The summed E-state index contributed by atoms with van der Waals surface area (Å²) < 4.78 is 77.4. The normalized spacial score (nSPS) is 13.1. The predicted octanol–water partition coefficient (Wildman–Crippen LogP) is 4.68. The first-order valence-electron chi connectivity index (χ1n) is 8.27. The van der Waals surface area contributed by atoms with E-state index >= 15 is 0 Å². The number of hydrogen-bond acceptors (Lipinski definition) is 3. The van der Waals surface area contributed by atoms with E-state index in [0.29, 0.717) is 6.07 Å². The summed E-state index contributed by atoms with van der Waals surface area (Å²) in [5.41, 5.74) is -1.30. The molecule has 0 radical (unpaired) electrons. The average Bonchev–Trinajstić information content (AvgIpc) is 2.60. The number of sulfonamides is 1. The summed E-state index contributed by atoms with van der Waals surface area (Å²) in [6.07, 6.45) is -3.79. The largest absolute Gasteiger partial charge is 0.416 e. The monoisotopic (exact) mass is 452 g/mol. The van der Waals surface area contributed by atoms with Crippen molar-refractivity contribution in [2.75, 3.05) is 15.9 Å². The van der Waals surface area contributed by atoms with Crippen LogP contribution in [0.1, 0.15) is 18.9 Å². The average molecular weight is 453 g/mol. The van der Waals surface area contributed by atoms with Gasteiger partial charge in [0, 0.05) is 0 Å². The van der Waals surface area contributed by atoms with Crippen molar-refractivity contribution in [2.24, 2.45) is 0 Å². The summed E-state index contributed by atoms with van der Waals surface area (Å²) in [5.74, 6) is -1.49. The van der Waals surface area contributed by atoms with Crippen LogP contribution in [0.15, 0.2) is 42.5 Å². The lowest BCUT2D eigenvalue weighted by atomic mass is 10.1. The van der Waals surface area contributed by atoms with Gasteiger partial charge in [-0.05, 0) is 48.9 Å². The van der Waals surface area contributed by atoms with Crippen LogP contribution in [0.2, 0.25) is 5.02 Å². The summed E-state index contributed by atoms with van der Waals surface area (Å²) in [5, 5.41) is 2.11. The van der Waals surface area contributed by atoms with Crippen LogP contribution in [0.25, 0.3) is 0 Å². The topological polar surface area (TPSA) is 66.5 Å². The molecule has 0 fully saturated rings. The molecule has 1 atom stereocenters. The van der Waals surface area contributed by atoms with Crippen LogP contribution >= 0.6 is 11.6 Å². The van der Waals surface area contributed by atoms with E-state index in [1.165, 1.54) is 19.1 Å². The molecular weight excluding hydrogens is 436 g/mol. The Morgan fingerprint density at radius 3 is 2.24 bits per heavy atom. The Balaban J connectivity index is 2.42. The van der Waals surface area contributed by atoms with Gasteiger partial charge in [-0.2, -0.15) is 13.2 Å². The van der Waals surface area contributed by atoms with Gasteiger partial charge in [-0.25, -0.2) is 12.8 Å². The van der Waals surface area contributed by atoms with Crippen molar-refractivity contribution in [1.82, 2.24) is 0 Å². The maximum Gasteiger partial charge on any atom is 0.416 e. The molecule has 2 aromatic carbocycles. The molecule has 158 valence electrons. The SMILES string of the molecule is CC[C@@H](C(=O)Nc1cc(C(F)(F)F)ccc1Cl)N(c1ccc(F)cc1)S(C)(=O)=O. The molecule has 1 amide bonds. The van der Waals surface area contributed by atoms with Gasteiger partial charge in [0.05, 0.1) is 28.2 Å². The van der Waals surface area contributed by atoms with E-state index in [9.17, 15) is 30.8 Å². The lowest BCUT2D eigenvalue weighted by molar-refractivity contribution is -0.137. The zero-order valence-electron chi connectivity index (χ0n) is 15.3. The molecule has 0 unspecified atom stereocenters. The first-order chi connectivity index (χ1) is 13.3. The Kier molecular flexibility index (Phi) is 6.79. The molecule has 2 rings (SSSR count). The van der Waals surface area contributed by atoms with Crippen LogP contribution in [0.4, 0.5) is 28.9 Å². The van der Waals surface area contributed by atoms with Crippen molar-refractivity contribution < 1.29 is 30.8 Å². The number of hydrogen-bond donors (Lipinski definition) is 1. The molecule has 0 aromatic heterocycles. The Hall–Kier alpha value is -2.33. The Morgan fingerprint density at radius 1 is 1.17 bits per heavy atom. The molecule has 1 N–H and O–H groups in total. The fourth-order valence-electron chi connectivity index (χ4n) is 2.66. The fraction of sp³-hybridized carbons (Fsp3) is 0.278. The lowest BCUT2D eigenvalue weighted by Gasteiger charge is -2.30. The number of carbonyl (C=O) groups is 1. The van der Waals surface area contributed by atoms with Crippen molar-refractivity contribution >= 4 is 38.9 Å². The fourth-order valence-corrected chi connectivity index (χ4v) is 4.04. The highest BCUT2D eigenvalue weighted by atomic mass is 35.5. The number of carbonyl (C=O) groups excluding carboxylic acids is 1. The van der Waals surface area contributed by atoms with Crippen molar-refractivity contribution in [3.8, 4) is 0 Å². The van der Waals surface area contributed by atoms with Crippen molar-refractivity contribution in [1.29, 1.82) is 0 Å². The van der Waals surface area contributed by atoms with Crippen LogP contribution in [0.5, 0.6) is 0 Å². The number of anilines is 2. The summed E-state index contributed by atoms with van der Waals surface area (Å²) in [6, 6.07) is 5.53. The number of nitrogens with one attached hydrogen (secondary N) is 1. The molecule has 0 aliphatic carbocycles. The van der Waals surface area contributed by atoms with Crippen LogP contribution in [0.3, 0.4) is 0 Å². The highest BCUT2D eigenvalue weighted by Gasteiger charge is 2.34. The van der Waals surface area contributed by atoms with Crippen LogP contribution < -0.4 is 9.62 Å². The second kappa shape index (κ2) is 8.58. The Labute approximate surface area is 170 Å². The molecular formula is C18H17ClF4N2O3S. The number of benzene rings is 2. The van der Waals surface area contributed by atoms with Gasteiger partial charge in [0.15, 0.2) is 0 Å². The summed E-state index contributed by atoms with van der Waals surface area (Å²) in [6.45, 7) is 1.53. The number of alkyl halides is 3. The summed E-state index contributed by atoms with van der Waals surface area (Å²) >= 11 is 5.89. The molecule has 0 aliphatic heterocycles. The third-order valence-corrected chi connectivity index (χ3v) is 5.47. The maximum atomic E-state index is 13.2. The summed E-state index contributed by atoms with van der Waals surface area (Å²) in [7, 11) is -3.98. The second-order valence-corrected chi connectivity index (χ2v) is 8.41. The van der Waals surface area contributed by atoms with E-state index in [4.69, 9.17) is 11.6 Å². The molecule has 5 nitrogen and oxygen atoms in total. The molecule has 11 heteroatoms. The molecule has 0 aliphatic rings. The number of rotatable bonds is 6. The highest BCUT2D eigenvalue weighted by molar-refractivity contribution is 7.92. The number of halogens is 5. The third kappa shape index (κ3) is 5.60. The zero-order valence-corrected chi connectivity index (χ0v) is 16.9. The third-order valence-electron chi connectivity index (χ3n) is 3.96. The highest BCUT2D eigenvalue weighted by Crippen LogP contribution is 2.34. The van der Waals surface area contributed by atoms with Crippen LogP contribution in [-0.4, -0.2) is 26.6 Å². The van der Waals surface area contributed by atoms with Gasteiger partial charge in [-0.15, -0.1) is 0 Å². The van der Waals surface area contributed by atoms with Gasteiger partial charge in [-0.3, -0.25) is 9.10 Å². The first-order valence-corrected chi connectivity index (χ1v) is 10.5. The van der Waals surface area contributed by atoms with Crippen molar-refractivity contribution in [2.45, 2.75) is 25.6 Å². The minimum Gasteiger partial charge on any atom is -0.323 e. The quantitative estimate of drug-likeness (QED) is 0.647. The molecule has 29 heavy (non-hydrogen) atoms. The van der Waals surface area contributed by atoms with E-state index in [2.05, 4.69) is 5.32 Å². The van der Waals surface area contributed by atoms with E-state index in [1.807, 2.05) is 0 Å². The van der Waals surface area contributed by atoms with Gasteiger partial charge in [0.25, 0.3) is 0 Å². The van der Waals surface area contributed by atoms with E-state index in [1.54, 1.807) is 0 Å². The summed E-state index contributed by atoms with van der Waals surface area (Å²) in [4.78, 5) is 12.8.